The standard InChI is InChI=1S/C20H24BrClO2/c21-17-9-10-20(22,11-12-23)16(14-17)13-15-5-7-19(8-6-15)24-18-3-1-2-4-18/h5-10,14,16,18,23H,1-4,11-13H2. The van der Waals surface area contributed by atoms with Crippen molar-refractivity contribution in [2.24, 2.45) is 5.92 Å². The molecule has 2 unspecified atom stereocenters. The quantitative estimate of drug-likeness (QED) is 0.637. The molecular formula is C20H24BrClO2. The number of aliphatic hydroxyl groups is 1. The zero-order valence-electron chi connectivity index (χ0n) is 13.8. The Morgan fingerprint density at radius 3 is 2.58 bits per heavy atom. The van der Waals surface area contributed by atoms with Gasteiger partial charge in [0, 0.05) is 17.0 Å². The maximum Gasteiger partial charge on any atom is 0.119 e. The molecule has 0 radical (unpaired) electrons. The molecule has 0 heterocycles. The van der Waals surface area contributed by atoms with E-state index in [0.717, 1.165) is 16.7 Å². The molecule has 2 nitrogen and oxygen atoms in total. The molecule has 2 aliphatic rings. The van der Waals surface area contributed by atoms with Crippen LogP contribution in [0.15, 0.2) is 47.0 Å². The number of hydrogen-bond acceptors (Lipinski definition) is 2. The highest BCUT2D eigenvalue weighted by molar-refractivity contribution is 9.11. The van der Waals surface area contributed by atoms with E-state index in [1.54, 1.807) is 0 Å². The number of halogens is 2. The lowest BCUT2D eigenvalue weighted by Crippen LogP contribution is -2.33. The molecule has 4 heteroatoms. The second-order valence-electron chi connectivity index (χ2n) is 6.76. The van der Waals surface area contributed by atoms with Crippen molar-refractivity contribution in [2.45, 2.75) is 49.5 Å². The maximum absolute atomic E-state index is 9.34. The van der Waals surface area contributed by atoms with Crippen molar-refractivity contribution in [3.63, 3.8) is 0 Å². The molecule has 1 N–H and O–H groups in total. The summed E-state index contributed by atoms with van der Waals surface area (Å²) in [5.41, 5.74) is 1.23. The molecule has 24 heavy (non-hydrogen) atoms. The molecule has 0 bridgehead atoms. The van der Waals surface area contributed by atoms with Crippen molar-refractivity contribution >= 4 is 27.5 Å². The lowest BCUT2D eigenvalue weighted by molar-refractivity contribution is 0.210. The molecule has 1 fully saturated rings. The third-order valence-electron chi connectivity index (χ3n) is 4.98. The Hall–Kier alpha value is -0.770. The van der Waals surface area contributed by atoms with E-state index in [1.165, 1.54) is 31.2 Å². The van der Waals surface area contributed by atoms with E-state index < -0.39 is 4.87 Å². The van der Waals surface area contributed by atoms with Gasteiger partial charge in [0.1, 0.15) is 5.75 Å². The van der Waals surface area contributed by atoms with Crippen molar-refractivity contribution in [1.29, 1.82) is 0 Å². The molecule has 2 atom stereocenters. The number of rotatable bonds is 6. The molecular weight excluding hydrogens is 388 g/mol. The van der Waals surface area contributed by atoms with Gasteiger partial charge in [-0.2, -0.15) is 0 Å². The van der Waals surface area contributed by atoms with E-state index in [2.05, 4.69) is 46.3 Å². The molecule has 1 aromatic rings. The van der Waals surface area contributed by atoms with Gasteiger partial charge in [0.25, 0.3) is 0 Å². The first-order valence-corrected chi connectivity index (χ1v) is 9.88. The molecule has 3 rings (SSSR count). The Morgan fingerprint density at radius 1 is 1.21 bits per heavy atom. The number of hydrogen-bond donors (Lipinski definition) is 1. The monoisotopic (exact) mass is 410 g/mol. The SMILES string of the molecule is OCCC1(Cl)C=CC(Br)=CC1Cc1ccc(OC2CCCC2)cc1. The average Bonchev–Trinajstić information content (AvgIpc) is 3.06. The molecule has 130 valence electrons. The molecule has 2 aliphatic carbocycles. The topological polar surface area (TPSA) is 29.5 Å². The Morgan fingerprint density at radius 2 is 1.92 bits per heavy atom. The van der Waals surface area contributed by atoms with Crippen molar-refractivity contribution in [2.75, 3.05) is 6.61 Å². The van der Waals surface area contributed by atoms with E-state index in [-0.39, 0.29) is 12.5 Å². The number of benzene rings is 1. The third-order valence-corrected chi connectivity index (χ3v) is 6.10. The van der Waals surface area contributed by atoms with Crippen molar-refractivity contribution in [3.05, 3.63) is 52.5 Å². The van der Waals surface area contributed by atoms with Crippen molar-refractivity contribution < 1.29 is 9.84 Å². The highest BCUT2D eigenvalue weighted by Gasteiger charge is 2.34. The molecule has 0 saturated heterocycles. The Bertz CT molecular complexity index is 605. The predicted molar refractivity (Wildman–Crippen MR) is 103 cm³/mol. The lowest BCUT2D eigenvalue weighted by Gasteiger charge is -2.33. The van der Waals surface area contributed by atoms with Gasteiger partial charge in [-0.3, -0.25) is 0 Å². The first-order chi connectivity index (χ1) is 11.6. The van der Waals surface area contributed by atoms with E-state index in [9.17, 15) is 5.11 Å². The fourth-order valence-corrected chi connectivity index (χ4v) is 4.29. The van der Waals surface area contributed by atoms with Crippen LogP contribution in [0.5, 0.6) is 5.75 Å². The minimum absolute atomic E-state index is 0.0873. The summed E-state index contributed by atoms with van der Waals surface area (Å²) >= 11 is 10.3. The van der Waals surface area contributed by atoms with Gasteiger partial charge in [-0.1, -0.05) is 46.3 Å². The lowest BCUT2D eigenvalue weighted by atomic mass is 9.81. The highest BCUT2D eigenvalue weighted by atomic mass is 79.9. The second kappa shape index (κ2) is 8.07. The predicted octanol–water partition coefficient (Wildman–Crippen LogP) is 5.38. The van der Waals surface area contributed by atoms with Crippen molar-refractivity contribution in [1.82, 2.24) is 0 Å². The molecule has 0 aliphatic heterocycles. The Balaban J connectivity index is 1.66. The number of aliphatic hydroxyl groups excluding tert-OH is 1. The fourth-order valence-electron chi connectivity index (χ4n) is 3.55. The first-order valence-electron chi connectivity index (χ1n) is 8.71. The van der Waals surface area contributed by atoms with Crippen LogP contribution in [0, 0.1) is 5.92 Å². The van der Waals surface area contributed by atoms with E-state index in [0.29, 0.717) is 12.5 Å². The van der Waals surface area contributed by atoms with Gasteiger partial charge in [0.05, 0.1) is 11.0 Å². The van der Waals surface area contributed by atoms with Gasteiger partial charge >= 0.3 is 0 Å². The van der Waals surface area contributed by atoms with Gasteiger partial charge in [0.2, 0.25) is 0 Å². The summed E-state index contributed by atoms with van der Waals surface area (Å²) in [6.07, 6.45) is 12.8. The van der Waals surface area contributed by atoms with Crippen LogP contribution in [0.2, 0.25) is 0 Å². The van der Waals surface area contributed by atoms with Crippen LogP contribution in [-0.4, -0.2) is 22.7 Å². The van der Waals surface area contributed by atoms with Crippen LogP contribution in [0.4, 0.5) is 0 Å². The molecule has 0 spiro atoms. The summed E-state index contributed by atoms with van der Waals surface area (Å²) in [5, 5.41) is 9.34. The van der Waals surface area contributed by atoms with Crippen LogP contribution in [0.1, 0.15) is 37.7 Å². The molecule has 0 aromatic heterocycles. The largest absolute Gasteiger partial charge is 0.490 e. The number of alkyl halides is 1. The van der Waals surface area contributed by atoms with Gasteiger partial charge in [0.15, 0.2) is 0 Å². The van der Waals surface area contributed by atoms with Crippen molar-refractivity contribution in [3.8, 4) is 5.75 Å². The van der Waals surface area contributed by atoms with Gasteiger partial charge in [-0.05, 0) is 56.2 Å². The minimum Gasteiger partial charge on any atom is -0.490 e. The Kier molecular flexibility index (Phi) is 6.07. The summed E-state index contributed by atoms with van der Waals surface area (Å²) in [6, 6.07) is 8.38. The second-order valence-corrected chi connectivity index (χ2v) is 8.38. The van der Waals surface area contributed by atoms with Gasteiger partial charge in [-0.15, -0.1) is 11.6 Å². The number of allylic oxidation sites excluding steroid dienone is 4. The van der Waals surface area contributed by atoms with Gasteiger partial charge < -0.3 is 9.84 Å². The zero-order chi connectivity index (χ0) is 17.0. The van der Waals surface area contributed by atoms with Crippen LogP contribution < -0.4 is 4.74 Å². The normalized spacial score (nSPS) is 27.3. The van der Waals surface area contributed by atoms with Crippen LogP contribution in [0.3, 0.4) is 0 Å². The molecule has 1 saturated carbocycles. The summed E-state index contributed by atoms with van der Waals surface area (Å²) in [7, 11) is 0. The summed E-state index contributed by atoms with van der Waals surface area (Å²) in [6.45, 7) is 0.0873. The zero-order valence-corrected chi connectivity index (χ0v) is 16.1. The van der Waals surface area contributed by atoms with E-state index >= 15 is 0 Å². The van der Waals surface area contributed by atoms with Crippen LogP contribution in [-0.2, 0) is 6.42 Å². The van der Waals surface area contributed by atoms with Crippen LogP contribution >= 0.6 is 27.5 Å². The minimum atomic E-state index is -0.523. The summed E-state index contributed by atoms with van der Waals surface area (Å²) in [4.78, 5) is -0.523. The highest BCUT2D eigenvalue weighted by Crippen LogP contribution is 2.39. The summed E-state index contributed by atoms with van der Waals surface area (Å²) < 4.78 is 7.07. The number of ether oxygens (including phenoxy) is 1. The average molecular weight is 412 g/mol. The third kappa shape index (κ3) is 4.44. The van der Waals surface area contributed by atoms with Crippen LogP contribution in [0.25, 0.3) is 0 Å². The maximum atomic E-state index is 9.34. The smallest absolute Gasteiger partial charge is 0.119 e. The van der Waals surface area contributed by atoms with E-state index in [1.807, 2.05) is 12.2 Å². The Labute approximate surface area is 157 Å². The van der Waals surface area contributed by atoms with E-state index in [4.69, 9.17) is 16.3 Å². The first kappa shape index (κ1) is 18.0. The summed E-state index contributed by atoms with van der Waals surface area (Å²) in [5.74, 6) is 1.10. The van der Waals surface area contributed by atoms with Gasteiger partial charge in [-0.25, -0.2) is 0 Å². The molecule has 0 amide bonds. The fraction of sp³-hybridized carbons (Fsp3) is 0.500. The molecule has 1 aromatic carbocycles.